The van der Waals surface area contributed by atoms with Crippen molar-refractivity contribution in [1.29, 1.82) is 5.26 Å². The highest BCUT2D eigenvalue weighted by atomic mass is 32.1. The zero-order valence-corrected chi connectivity index (χ0v) is 12.3. The van der Waals surface area contributed by atoms with Gasteiger partial charge < -0.3 is 4.90 Å². The molecule has 0 bridgehead atoms. The molecule has 0 N–H and O–H groups in total. The van der Waals surface area contributed by atoms with E-state index in [4.69, 9.17) is 5.26 Å². The number of halogens is 1. The average Bonchev–Trinajstić information content (AvgIpc) is 3.04. The molecular weight excluding hydrogens is 287 g/mol. The summed E-state index contributed by atoms with van der Waals surface area (Å²) in [5.41, 5.74) is 1.10. The first kappa shape index (κ1) is 14.0. The first-order valence-corrected chi connectivity index (χ1v) is 7.69. The molecule has 4 nitrogen and oxygen atoms in total. The molecule has 0 saturated carbocycles. The maximum Gasteiger partial charge on any atom is 0.185 e. The van der Waals surface area contributed by atoms with Gasteiger partial charge in [0, 0.05) is 44.3 Å². The van der Waals surface area contributed by atoms with Crippen molar-refractivity contribution in [2.24, 2.45) is 0 Å². The van der Waals surface area contributed by atoms with E-state index in [-0.39, 0.29) is 5.56 Å². The van der Waals surface area contributed by atoms with Crippen molar-refractivity contribution in [2.75, 3.05) is 31.1 Å². The molecule has 1 saturated heterocycles. The van der Waals surface area contributed by atoms with Crippen LogP contribution in [0.1, 0.15) is 11.1 Å². The molecule has 2 aromatic rings. The quantitative estimate of drug-likeness (QED) is 0.873. The zero-order chi connectivity index (χ0) is 14.7. The van der Waals surface area contributed by atoms with Gasteiger partial charge in [0.25, 0.3) is 0 Å². The summed E-state index contributed by atoms with van der Waals surface area (Å²) >= 11 is 1.66. The maximum atomic E-state index is 13.3. The Morgan fingerprint density at radius 1 is 1.29 bits per heavy atom. The average molecular weight is 302 g/mol. The Balaban J connectivity index is 1.59. The fraction of sp³-hybridized carbons (Fsp3) is 0.333. The van der Waals surface area contributed by atoms with Crippen LogP contribution in [0.3, 0.4) is 0 Å². The molecule has 1 aliphatic heterocycles. The van der Waals surface area contributed by atoms with E-state index in [0.717, 1.165) is 43.4 Å². The van der Waals surface area contributed by atoms with Crippen molar-refractivity contribution in [3.05, 3.63) is 46.7 Å². The zero-order valence-electron chi connectivity index (χ0n) is 11.5. The van der Waals surface area contributed by atoms with Gasteiger partial charge in [-0.05, 0) is 17.7 Å². The molecule has 108 valence electrons. The third-order valence-electron chi connectivity index (χ3n) is 3.62. The number of benzene rings is 1. The summed E-state index contributed by atoms with van der Waals surface area (Å²) in [6.07, 6.45) is 1.83. The lowest BCUT2D eigenvalue weighted by atomic mass is 10.1. The lowest BCUT2D eigenvalue weighted by Gasteiger charge is -2.34. The Labute approximate surface area is 127 Å². The normalized spacial score (nSPS) is 15.9. The van der Waals surface area contributed by atoms with Gasteiger partial charge in [0.15, 0.2) is 5.13 Å². The van der Waals surface area contributed by atoms with Crippen LogP contribution in [0.15, 0.2) is 29.8 Å². The predicted molar refractivity (Wildman–Crippen MR) is 80.7 cm³/mol. The number of piperazine rings is 1. The first-order valence-electron chi connectivity index (χ1n) is 6.81. The number of hydrogen-bond donors (Lipinski definition) is 0. The van der Waals surface area contributed by atoms with Gasteiger partial charge in [-0.2, -0.15) is 5.26 Å². The summed E-state index contributed by atoms with van der Waals surface area (Å²) in [6.45, 7) is 4.53. The Hall–Kier alpha value is -1.97. The molecule has 3 rings (SSSR count). The van der Waals surface area contributed by atoms with Crippen LogP contribution < -0.4 is 4.90 Å². The summed E-state index contributed by atoms with van der Waals surface area (Å²) < 4.78 is 13.3. The Kier molecular flexibility index (Phi) is 4.13. The van der Waals surface area contributed by atoms with Crippen molar-refractivity contribution >= 4 is 16.5 Å². The van der Waals surface area contributed by atoms with E-state index in [0.29, 0.717) is 0 Å². The van der Waals surface area contributed by atoms with E-state index in [1.54, 1.807) is 23.5 Å². The van der Waals surface area contributed by atoms with E-state index >= 15 is 0 Å². The second-order valence-corrected chi connectivity index (χ2v) is 5.88. The minimum Gasteiger partial charge on any atom is -0.346 e. The summed E-state index contributed by atoms with van der Waals surface area (Å²) in [4.78, 5) is 8.93. The molecular formula is C15H15FN4S. The van der Waals surface area contributed by atoms with Crippen molar-refractivity contribution in [1.82, 2.24) is 9.88 Å². The van der Waals surface area contributed by atoms with E-state index in [1.807, 2.05) is 17.6 Å². The van der Waals surface area contributed by atoms with Gasteiger partial charge in [-0.3, -0.25) is 4.90 Å². The highest BCUT2D eigenvalue weighted by Crippen LogP contribution is 2.20. The predicted octanol–water partition coefficient (Wildman–Crippen LogP) is 2.48. The van der Waals surface area contributed by atoms with Crippen molar-refractivity contribution in [2.45, 2.75) is 6.54 Å². The molecule has 0 spiro atoms. The minimum atomic E-state index is -0.449. The Bertz CT molecular complexity index is 642. The van der Waals surface area contributed by atoms with E-state index in [2.05, 4.69) is 14.8 Å². The largest absolute Gasteiger partial charge is 0.346 e. The molecule has 0 unspecified atom stereocenters. The molecule has 1 aromatic carbocycles. The third-order valence-corrected chi connectivity index (χ3v) is 4.45. The lowest BCUT2D eigenvalue weighted by molar-refractivity contribution is 0.249. The lowest BCUT2D eigenvalue weighted by Crippen LogP contribution is -2.45. The molecule has 0 radical (unpaired) electrons. The number of nitriles is 1. The highest BCUT2D eigenvalue weighted by Gasteiger charge is 2.18. The standard InChI is InChI=1S/C15H15FN4S/c16-14-2-1-12(9-13(14)10-17)11-19-4-6-20(7-5-19)15-18-3-8-21-15/h1-3,8-9H,4-7,11H2. The molecule has 1 aliphatic rings. The number of anilines is 1. The van der Waals surface area contributed by atoms with Gasteiger partial charge in [-0.25, -0.2) is 9.37 Å². The Morgan fingerprint density at radius 3 is 2.76 bits per heavy atom. The van der Waals surface area contributed by atoms with Crippen LogP contribution in [0.4, 0.5) is 9.52 Å². The molecule has 6 heteroatoms. The molecule has 0 amide bonds. The van der Waals surface area contributed by atoms with Crippen LogP contribution >= 0.6 is 11.3 Å². The molecule has 0 atom stereocenters. The first-order chi connectivity index (χ1) is 10.3. The number of nitrogens with zero attached hydrogens (tertiary/aromatic N) is 4. The molecule has 1 aromatic heterocycles. The number of aromatic nitrogens is 1. The van der Waals surface area contributed by atoms with Gasteiger partial charge in [0.2, 0.25) is 0 Å². The van der Waals surface area contributed by atoms with Gasteiger partial charge in [0.05, 0.1) is 5.56 Å². The summed E-state index contributed by atoms with van der Waals surface area (Å²) in [5.74, 6) is -0.449. The van der Waals surface area contributed by atoms with Crippen LogP contribution in [0, 0.1) is 17.1 Å². The van der Waals surface area contributed by atoms with Gasteiger partial charge in [0.1, 0.15) is 11.9 Å². The van der Waals surface area contributed by atoms with Gasteiger partial charge in [-0.15, -0.1) is 11.3 Å². The smallest absolute Gasteiger partial charge is 0.185 e. The fourth-order valence-electron chi connectivity index (χ4n) is 2.48. The van der Waals surface area contributed by atoms with Crippen molar-refractivity contribution in [3.63, 3.8) is 0 Å². The topological polar surface area (TPSA) is 43.2 Å². The molecule has 1 fully saturated rings. The highest BCUT2D eigenvalue weighted by molar-refractivity contribution is 7.13. The minimum absolute atomic E-state index is 0.119. The number of thiazole rings is 1. The number of rotatable bonds is 3. The van der Waals surface area contributed by atoms with Gasteiger partial charge in [-0.1, -0.05) is 6.07 Å². The second-order valence-electron chi connectivity index (χ2n) is 5.00. The van der Waals surface area contributed by atoms with Gasteiger partial charge >= 0.3 is 0 Å². The van der Waals surface area contributed by atoms with Crippen molar-refractivity contribution < 1.29 is 4.39 Å². The SMILES string of the molecule is N#Cc1cc(CN2CCN(c3nccs3)CC2)ccc1F. The number of hydrogen-bond acceptors (Lipinski definition) is 5. The van der Waals surface area contributed by atoms with Crippen LogP contribution in [-0.4, -0.2) is 36.1 Å². The van der Waals surface area contributed by atoms with Crippen LogP contribution in [0.5, 0.6) is 0 Å². The monoisotopic (exact) mass is 302 g/mol. The van der Waals surface area contributed by atoms with E-state index in [9.17, 15) is 4.39 Å². The summed E-state index contributed by atoms with van der Waals surface area (Å²) in [6, 6.07) is 6.66. The van der Waals surface area contributed by atoms with Crippen LogP contribution in [0.2, 0.25) is 0 Å². The van der Waals surface area contributed by atoms with Crippen LogP contribution in [0.25, 0.3) is 0 Å². The van der Waals surface area contributed by atoms with Crippen molar-refractivity contribution in [3.8, 4) is 6.07 Å². The molecule has 0 aliphatic carbocycles. The maximum absolute atomic E-state index is 13.3. The summed E-state index contributed by atoms with van der Waals surface area (Å²) in [5, 5.41) is 11.9. The second kappa shape index (κ2) is 6.20. The van der Waals surface area contributed by atoms with E-state index in [1.165, 1.54) is 6.07 Å². The van der Waals surface area contributed by atoms with Crippen LogP contribution in [-0.2, 0) is 6.54 Å². The Morgan fingerprint density at radius 2 is 2.10 bits per heavy atom. The third kappa shape index (κ3) is 3.20. The molecule has 21 heavy (non-hydrogen) atoms. The molecule has 2 heterocycles. The fourth-order valence-corrected chi connectivity index (χ4v) is 3.18. The summed E-state index contributed by atoms with van der Waals surface area (Å²) in [7, 11) is 0. The van der Waals surface area contributed by atoms with E-state index < -0.39 is 5.82 Å².